The Bertz CT molecular complexity index is 1000. The number of allylic oxidation sites excluding steroid dienone is 1. The van der Waals surface area contributed by atoms with Gasteiger partial charge in [-0.05, 0) is 58.2 Å². The van der Waals surface area contributed by atoms with E-state index in [0.29, 0.717) is 21.5 Å². The lowest BCUT2D eigenvalue weighted by atomic mass is 9.95. The largest absolute Gasteiger partial charge is 0.503 e. The van der Waals surface area contributed by atoms with Crippen LogP contribution in [0.5, 0.6) is 17.2 Å². The van der Waals surface area contributed by atoms with Crippen LogP contribution < -0.4 is 20.1 Å². The summed E-state index contributed by atoms with van der Waals surface area (Å²) >= 11 is 3.26. The number of phenols is 1. The normalized spacial score (nSPS) is 15.9. The maximum atomic E-state index is 12.9. The van der Waals surface area contributed by atoms with E-state index >= 15 is 0 Å². The van der Waals surface area contributed by atoms with Gasteiger partial charge in [0.15, 0.2) is 11.5 Å². The van der Waals surface area contributed by atoms with Gasteiger partial charge >= 0.3 is 12.0 Å². The fraction of sp³-hybridized carbons (Fsp3) is 0.238. The maximum Gasteiger partial charge on any atom is 0.338 e. The monoisotopic (exact) mass is 476 g/mol. The Morgan fingerprint density at radius 1 is 1.17 bits per heavy atom. The van der Waals surface area contributed by atoms with E-state index in [2.05, 4.69) is 26.6 Å². The van der Waals surface area contributed by atoms with E-state index in [1.165, 1.54) is 7.11 Å². The number of phenolic OH excluding ortho intramolecular Hbond substituents is 1. The predicted octanol–water partition coefficient (Wildman–Crippen LogP) is 3.54. The van der Waals surface area contributed by atoms with Gasteiger partial charge in [0.25, 0.3) is 0 Å². The quantitative estimate of drug-likeness (QED) is 0.550. The molecule has 1 atom stereocenters. The molecule has 0 saturated carbocycles. The summed E-state index contributed by atoms with van der Waals surface area (Å²) in [5.41, 5.74) is 1.97. The molecule has 0 bridgehead atoms. The smallest absolute Gasteiger partial charge is 0.338 e. The number of benzene rings is 2. The molecule has 1 aliphatic heterocycles. The van der Waals surface area contributed by atoms with E-state index < -0.39 is 18.0 Å². The summed E-state index contributed by atoms with van der Waals surface area (Å²) in [5.74, 6) is 0.250. The van der Waals surface area contributed by atoms with E-state index in [1.807, 2.05) is 0 Å². The van der Waals surface area contributed by atoms with Crippen molar-refractivity contribution in [3.8, 4) is 17.2 Å². The molecule has 1 heterocycles. The molecular weight excluding hydrogens is 456 g/mol. The summed E-state index contributed by atoms with van der Waals surface area (Å²) in [4.78, 5) is 25.0. The number of esters is 1. The van der Waals surface area contributed by atoms with Gasteiger partial charge in [-0.3, -0.25) is 0 Å². The van der Waals surface area contributed by atoms with Gasteiger partial charge < -0.3 is 30.0 Å². The minimum Gasteiger partial charge on any atom is -0.503 e. The SMILES string of the molecule is COc1ccc(COC(=O)C2=C(C)NC(=O)N[C@H]2c2cc(Br)c(O)c(OC)c2)cc1. The standard InChI is InChI=1S/C21H21BrN2O6/c1-11-17(20(26)30-10-12-4-6-14(28-2)7-5-12)18(24-21(27)23-11)13-8-15(22)19(25)16(9-13)29-3/h4-9,18,25H,10H2,1-3H3,(H2,23,24,27)/t18-/m0/s1. The van der Waals surface area contributed by atoms with Gasteiger partial charge in [0.1, 0.15) is 12.4 Å². The minimum atomic E-state index is -0.784. The van der Waals surface area contributed by atoms with Crippen LogP contribution in [-0.2, 0) is 16.1 Å². The van der Waals surface area contributed by atoms with Crippen molar-refractivity contribution in [1.82, 2.24) is 10.6 Å². The van der Waals surface area contributed by atoms with Crippen molar-refractivity contribution in [2.24, 2.45) is 0 Å². The van der Waals surface area contributed by atoms with Gasteiger partial charge in [0, 0.05) is 5.70 Å². The molecule has 3 N–H and O–H groups in total. The third-order valence-corrected chi connectivity index (χ3v) is 5.23. The zero-order valence-corrected chi connectivity index (χ0v) is 18.2. The second-order valence-electron chi connectivity index (χ2n) is 6.55. The Morgan fingerprint density at radius 2 is 1.87 bits per heavy atom. The Balaban J connectivity index is 1.87. The lowest BCUT2D eigenvalue weighted by Gasteiger charge is -2.28. The summed E-state index contributed by atoms with van der Waals surface area (Å²) in [7, 11) is 2.99. The van der Waals surface area contributed by atoms with Crippen LogP contribution in [0.3, 0.4) is 0 Å². The van der Waals surface area contributed by atoms with Gasteiger partial charge in [-0.2, -0.15) is 0 Å². The molecule has 0 spiro atoms. The second kappa shape index (κ2) is 9.08. The van der Waals surface area contributed by atoms with Crippen LogP contribution >= 0.6 is 15.9 Å². The van der Waals surface area contributed by atoms with E-state index in [9.17, 15) is 14.7 Å². The van der Waals surface area contributed by atoms with E-state index in [1.54, 1.807) is 50.4 Å². The Morgan fingerprint density at radius 3 is 2.50 bits per heavy atom. The number of rotatable bonds is 6. The van der Waals surface area contributed by atoms with Gasteiger partial charge in [0.05, 0.1) is 30.3 Å². The van der Waals surface area contributed by atoms with E-state index in [-0.39, 0.29) is 23.7 Å². The fourth-order valence-corrected chi connectivity index (χ4v) is 3.54. The highest BCUT2D eigenvalue weighted by Crippen LogP contribution is 2.39. The molecule has 0 radical (unpaired) electrons. The summed E-state index contributed by atoms with van der Waals surface area (Å²) in [6.07, 6.45) is 0. The lowest BCUT2D eigenvalue weighted by Crippen LogP contribution is -2.45. The topological polar surface area (TPSA) is 106 Å². The maximum absolute atomic E-state index is 12.9. The summed E-state index contributed by atoms with van der Waals surface area (Å²) < 4.78 is 16.2. The molecule has 0 aliphatic carbocycles. The number of nitrogens with one attached hydrogen (secondary N) is 2. The average Bonchev–Trinajstić information content (AvgIpc) is 2.73. The van der Waals surface area contributed by atoms with Crippen molar-refractivity contribution < 1.29 is 28.9 Å². The van der Waals surface area contributed by atoms with Crippen molar-refractivity contribution in [1.29, 1.82) is 0 Å². The number of amides is 2. The number of urea groups is 1. The van der Waals surface area contributed by atoms with Crippen molar-refractivity contribution in [3.05, 3.63) is 63.3 Å². The van der Waals surface area contributed by atoms with Gasteiger partial charge in [-0.1, -0.05) is 12.1 Å². The Hall–Kier alpha value is -3.20. The molecule has 2 aromatic carbocycles. The number of carbonyl (C=O) groups is 2. The molecule has 0 fully saturated rings. The molecular formula is C21H21BrN2O6. The molecule has 2 amide bonds. The summed E-state index contributed by atoms with van der Waals surface area (Å²) in [5, 5.41) is 15.4. The zero-order chi connectivity index (χ0) is 21.8. The first-order valence-corrected chi connectivity index (χ1v) is 9.78. The van der Waals surface area contributed by atoms with Crippen LogP contribution in [0.15, 0.2) is 52.1 Å². The van der Waals surface area contributed by atoms with E-state index in [0.717, 1.165) is 5.56 Å². The first-order chi connectivity index (χ1) is 14.3. The number of halogens is 1. The van der Waals surface area contributed by atoms with Crippen molar-refractivity contribution in [3.63, 3.8) is 0 Å². The number of hydrogen-bond acceptors (Lipinski definition) is 6. The lowest BCUT2D eigenvalue weighted by molar-refractivity contribution is -0.140. The fourth-order valence-electron chi connectivity index (χ4n) is 3.08. The highest BCUT2D eigenvalue weighted by molar-refractivity contribution is 9.10. The molecule has 0 aromatic heterocycles. The van der Waals surface area contributed by atoms with Gasteiger partial charge in [-0.25, -0.2) is 9.59 Å². The number of methoxy groups -OCH3 is 2. The second-order valence-corrected chi connectivity index (χ2v) is 7.40. The zero-order valence-electron chi connectivity index (χ0n) is 16.6. The first kappa shape index (κ1) is 21.5. The van der Waals surface area contributed by atoms with Crippen molar-refractivity contribution in [2.75, 3.05) is 14.2 Å². The summed E-state index contributed by atoms with van der Waals surface area (Å²) in [6.45, 7) is 1.69. The molecule has 0 saturated heterocycles. The van der Waals surface area contributed by atoms with Crippen LogP contribution in [0, 0.1) is 0 Å². The molecule has 8 nitrogen and oxygen atoms in total. The predicted molar refractivity (Wildman–Crippen MR) is 112 cm³/mol. The minimum absolute atomic E-state index is 0.0584. The third-order valence-electron chi connectivity index (χ3n) is 4.62. The van der Waals surface area contributed by atoms with Crippen LogP contribution in [0.2, 0.25) is 0 Å². The highest BCUT2D eigenvalue weighted by atomic mass is 79.9. The molecule has 30 heavy (non-hydrogen) atoms. The summed E-state index contributed by atoms with van der Waals surface area (Å²) in [6, 6.07) is 9.08. The highest BCUT2D eigenvalue weighted by Gasteiger charge is 2.33. The third kappa shape index (κ3) is 4.51. The molecule has 3 rings (SSSR count). The van der Waals surface area contributed by atoms with Gasteiger partial charge in [-0.15, -0.1) is 0 Å². The van der Waals surface area contributed by atoms with Crippen LogP contribution in [-0.4, -0.2) is 31.3 Å². The Kier molecular flexibility index (Phi) is 6.51. The molecule has 9 heteroatoms. The first-order valence-electron chi connectivity index (χ1n) is 8.98. The number of hydrogen-bond donors (Lipinski definition) is 3. The van der Waals surface area contributed by atoms with E-state index in [4.69, 9.17) is 14.2 Å². The number of ether oxygens (including phenoxy) is 3. The van der Waals surface area contributed by atoms with Crippen molar-refractivity contribution in [2.45, 2.75) is 19.6 Å². The Labute approximate surface area is 182 Å². The number of aromatic hydroxyl groups is 1. The van der Waals surface area contributed by atoms with Crippen LogP contribution in [0.25, 0.3) is 0 Å². The van der Waals surface area contributed by atoms with Crippen LogP contribution in [0.4, 0.5) is 4.79 Å². The number of carbonyl (C=O) groups excluding carboxylic acids is 2. The van der Waals surface area contributed by atoms with Crippen LogP contribution in [0.1, 0.15) is 24.1 Å². The van der Waals surface area contributed by atoms with Gasteiger partial charge in [0.2, 0.25) is 0 Å². The molecule has 0 unspecified atom stereocenters. The molecule has 1 aliphatic rings. The molecule has 158 valence electrons. The molecule has 2 aromatic rings. The van der Waals surface area contributed by atoms with Crippen molar-refractivity contribution >= 4 is 27.9 Å². The average molecular weight is 477 g/mol.